The van der Waals surface area contributed by atoms with Crippen molar-refractivity contribution < 1.29 is 4.79 Å². The number of aromatic nitrogens is 2. The number of fused-ring (bicyclic) bond motifs is 2. The van der Waals surface area contributed by atoms with Crippen LogP contribution in [0.25, 0.3) is 21.5 Å². The number of H-pyrrole nitrogens is 1. The average molecular weight is 547 g/mol. The summed E-state index contributed by atoms with van der Waals surface area (Å²) in [5, 5.41) is 8.16. The minimum atomic E-state index is -0.251. The van der Waals surface area contributed by atoms with Crippen LogP contribution >= 0.6 is 11.3 Å². The van der Waals surface area contributed by atoms with Crippen molar-refractivity contribution >= 4 is 39.6 Å². The van der Waals surface area contributed by atoms with Crippen molar-refractivity contribution in [1.82, 2.24) is 20.6 Å². The lowest BCUT2D eigenvalue weighted by Gasteiger charge is -2.31. The molecule has 7 nitrogen and oxygen atoms in total. The van der Waals surface area contributed by atoms with E-state index in [9.17, 15) is 4.79 Å². The van der Waals surface area contributed by atoms with Gasteiger partial charge in [0.2, 0.25) is 5.91 Å². The first-order chi connectivity index (χ1) is 18.8. The highest BCUT2D eigenvalue weighted by molar-refractivity contribution is 7.19. The fourth-order valence-electron chi connectivity index (χ4n) is 7.27. The van der Waals surface area contributed by atoms with Crippen LogP contribution in [0.2, 0.25) is 0 Å². The zero-order chi connectivity index (χ0) is 27.3. The molecule has 3 aliphatic rings. The Kier molecular flexibility index (Phi) is 7.04. The van der Waals surface area contributed by atoms with Gasteiger partial charge in [0.05, 0.1) is 17.4 Å². The van der Waals surface area contributed by atoms with E-state index < -0.39 is 0 Å². The van der Waals surface area contributed by atoms with Crippen molar-refractivity contribution in [2.45, 2.75) is 96.9 Å². The molecule has 39 heavy (non-hydrogen) atoms. The topological polar surface area (TPSA) is 108 Å². The van der Waals surface area contributed by atoms with Gasteiger partial charge in [0, 0.05) is 46.7 Å². The van der Waals surface area contributed by atoms with E-state index in [2.05, 4.69) is 48.3 Å². The molecular weight excluding hydrogens is 504 g/mol. The van der Waals surface area contributed by atoms with Crippen molar-refractivity contribution in [3.8, 4) is 11.3 Å². The van der Waals surface area contributed by atoms with E-state index in [1.54, 1.807) is 4.88 Å². The van der Waals surface area contributed by atoms with E-state index >= 15 is 0 Å². The molecule has 1 aliphatic heterocycles. The van der Waals surface area contributed by atoms with Crippen LogP contribution in [0.15, 0.2) is 11.2 Å². The Labute approximate surface area is 235 Å². The number of nitrogens with one attached hydrogen (secondary N) is 3. The molecule has 0 aromatic carbocycles. The third-order valence-electron chi connectivity index (χ3n) is 9.52. The maximum atomic E-state index is 12.2. The van der Waals surface area contributed by atoms with Crippen LogP contribution in [-0.4, -0.2) is 41.3 Å². The highest BCUT2D eigenvalue weighted by atomic mass is 32.1. The van der Waals surface area contributed by atoms with Gasteiger partial charge in [-0.2, -0.15) is 0 Å². The van der Waals surface area contributed by atoms with Crippen LogP contribution in [-0.2, 0) is 17.6 Å². The van der Waals surface area contributed by atoms with Crippen molar-refractivity contribution in [2.24, 2.45) is 16.1 Å². The number of thiophene rings is 1. The lowest BCUT2D eigenvalue weighted by molar-refractivity contribution is -0.126. The van der Waals surface area contributed by atoms with E-state index in [0.717, 1.165) is 44.6 Å². The smallest absolute Gasteiger partial charge is 0.227 e. The zero-order valence-corrected chi connectivity index (χ0v) is 24.6. The molecule has 208 valence electrons. The molecule has 0 radical (unpaired) electrons. The molecule has 6 rings (SSSR count). The van der Waals surface area contributed by atoms with Crippen molar-refractivity contribution in [1.29, 1.82) is 0 Å². The van der Waals surface area contributed by atoms with E-state index in [1.807, 2.05) is 17.5 Å². The molecule has 0 bridgehead atoms. The quantitative estimate of drug-likeness (QED) is 0.216. The van der Waals surface area contributed by atoms with E-state index in [0.29, 0.717) is 17.9 Å². The largest absolute Gasteiger partial charge is 0.390 e. The van der Waals surface area contributed by atoms with Crippen LogP contribution < -0.4 is 16.4 Å². The van der Waals surface area contributed by atoms with Gasteiger partial charge in [0.15, 0.2) is 5.82 Å². The molecule has 2 aliphatic carbocycles. The summed E-state index contributed by atoms with van der Waals surface area (Å²) in [5.41, 5.74) is 13.4. The molecule has 5 N–H and O–H groups in total. The maximum absolute atomic E-state index is 12.2. The Morgan fingerprint density at radius 1 is 1.26 bits per heavy atom. The van der Waals surface area contributed by atoms with E-state index in [4.69, 9.17) is 10.7 Å². The monoisotopic (exact) mass is 546 g/mol. The normalized spacial score (nSPS) is 25.3. The minimum absolute atomic E-state index is 0.203. The first kappa shape index (κ1) is 26.5. The number of carbonyl (C=O) groups is 1. The summed E-state index contributed by atoms with van der Waals surface area (Å²) in [7, 11) is 0. The van der Waals surface area contributed by atoms with Gasteiger partial charge in [0.1, 0.15) is 4.83 Å². The Hall–Kier alpha value is -2.71. The number of hydrogen-bond donors (Lipinski definition) is 4. The molecular formula is C31H42N6OS. The van der Waals surface area contributed by atoms with Gasteiger partial charge in [-0.25, -0.2) is 9.98 Å². The van der Waals surface area contributed by atoms with Gasteiger partial charge in [-0.3, -0.25) is 4.79 Å². The summed E-state index contributed by atoms with van der Waals surface area (Å²) in [6, 6.07) is 0.510. The molecule has 1 atom stereocenters. The van der Waals surface area contributed by atoms with Crippen LogP contribution in [0.3, 0.4) is 0 Å². The highest BCUT2D eigenvalue weighted by Crippen LogP contribution is 2.48. The first-order valence-electron chi connectivity index (χ1n) is 14.7. The Bertz CT molecular complexity index is 1430. The minimum Gasteiger partial charge on any atom is -0.390 e. The lowest BCUT2D eigenvalue weighted by Crippen LogP contribution is -2.43. The Morgan fingerprint density at radius 2 is 2.03 bits per heavy atom. The van der Waals surface area contributed by atoms with Gasteiger partial charge >= 0.3 is 0 Å². The number of aryl methyl sites for hydroxylation is 1. The van der Waals surface area contributed by atoms with E-state index in [1.165, 1.54) is 75.7 Å². The van der Waals surface area contributed by atoms with Crippen LogP contribution in [0.5, 0.6) is 0 Å². The Morgan fingerprint density at radius 3 is 2.72 bits per heavy atom. The van der Waals surface area contributed by atoms with Crippen LogP contribution in [0.1, 0.15) is 98.3 Å². The van der Waals surface area contributed by atoms with Gasteiger partial charge in [-0.15, -0.1) is 11.3 Å². The molecule has 0 spiro atoms. The lowest BCUT2D eigenvalue weighted by atomic mass is 9.82. The molecule has 3 aromatic rings. The fraction of sp³-hybridized carbons (Fsp3) is 0.581. The molecule has 1 saturated carbocycles. The van der Waals surface area contributed by atoms with Gasteiger partial charge in [-0.05, 0) is 93.7 Å². The standard InChI is InChI=1S/C31H42N6OS/c1-17(2)24-25-18(3)27(19-8-10-20(11-9-19)35-15-31(4)12-13-33-30(31)38)39-29(25)37-26(24)23-14-34-28(36-16-32)22-7-5-6-21(22)23/h14,16-17,19-20,35,37H,5-13,15H2,1-4H3,(H,33,38)(H2,32,34,36). The number of nitrogens with zero attached hydrogens (tertiary/aromatic N) is 2. The van der Waals surface area contributed by atoms with Crippen molar-refractivity contribution in [3.05, 3.63) is 33.3 Å². The number of hydrogen-bond acceptors (Lipinski definition) is 5. The number of carbonyl (C=O) groups excluding carboxylic acids is 1. The van der Waals surface area contributed by atoms with Crippen molar-refractivity contribution in [2.75, 3.05) is 13.1 Å². The second kappa shape index (κ2) is 10.4. The molecule has 2 fully saturated rings. The number of pyridine rings is 1. The Balaban J connectivity index is 1.24. The molecule has 8 heteroatoms. The third kappa shape index (κ3) is 4.59. The summed E-state index contributed by atoms with van der Waals surface area (Å²) in [4.78, 5) is 28.0. The average Bonchev–Trinajstić information content (AvgIpc) is 3.69. The highest BCUT2D eigenvalue weighted by Gasteiger charge is 2.38. The third-order valence-corrected chi connectivity index (χ3v) is 10.9. The van der Waals surface area contributed by atoms with Crippen LogP contribution in [0, 0.1) is 12.3 Å². The summed E-state index contributed by atoms with van der Waals surface area (Å²) in [6.07, 6.45) is 12.3. The summed E-state index contributed by atoms with van der Waals surface area (Å²) in [6.45, 7) is 10.6. The summed E-state index contributed by atoms with van der Waals surface area (Å²) >= 11 is 1.97. The fourth-order valence-corrected chi connectivity index (χ4v) is 8.67. The zero-order valence-electron chi connectivity index (χ0n) is 23.7. The summed E-state index contributed by atoms with van der Waals surface area (Å²) < 4.78 is 0. The second-order valence-electron chi connectivity index (χ2n) is 12.4. The predicted octanol–water partition coefficient (Wildman–Crippen LogP) is 5.97. The number of amides is 1. The van der Waals surface area contributed by atoms with Gasteiger partial charge in [0.25, 0.3) is 0 Å². The maximum Gasteiger partial charge on any atom is 0.227 e. The SMILES string of the molecule is Cc1c(C2CCC(NCC3(C)CCNC3=O)CC2)sc2[nH]c(-c3cnc(N=CN)c4c3CCC4)c(C(C)C)c12. The summed E-state index contributed by atoms with van der Waals surface area (Å²) in [5.74, 6) is 2.00. The van der Waals surface area contributed by atoms with Gasteiger partial charge < -0.3 is 21.4 Å². The predicted molar refractivity (Wildman–Crippen MR) is 161 cm³/mol. The van der Waals surface area contributed by atoms with Gasteiger partial charge in [-0.1, -0.05) is 13.8 Å². The number of aromatic amines is 1. The molecule has 1 unspecified atom stereocenters. The first-order valence-corrected chi connectivity index (χ1v) is 15.5. The molecule has 3 aromatic heterocycles. The van der Waals surface area contributed by atoms with E-state index in [-0.39, 0.29) is 11.3 Å². The number of nitrogens with two attached hydrogens (primary N) is 1. The molecule has 1 saturated heterocycles. The number of rotatable bonds is 7. The molecule has 4 heterocycles. The molecule has 1 amide bonds. The van der Waals surface area contributed by atoms with Crippen molar-refractivity contribution in [3.63, 3.8) is 0 Å². The van der Waals surface area contributed by atoms with Crippen LogP contribution in [0.4, 0.5) is 5.82 Å². The second-order valence-corrected chi connectivity index (χ2v) is 13.5. The number of aliphatic imine (C=N–C) groups is 1.